The molecule has 0 fully saturated rings. The van der Waals surface area contributed by atoms with Crippen LogP contribution in [-0.4, -0.2) is 37.2 Å². The highest BCUT2D eigenvalue weighted by Gasteiger charge is 2.14. The average molecular weight is 277 g/mol. The number of ether oxygens (including phenoxy) is 2. The predicted molar refractivity (Wildman–Crippen MR) is 80.3 cm³/mol. The van der Waals surface area contributed by atoms with Gasteiger partial charge in [0, 0.05) is 25.1 Å². The largest absolute Gasteiger partial charge is 0.490 e. The Hall–Kier alpha value is -1.91. The maximum Gasteiger partial charge on any atom is 0.191 e. The fraction of sp³-hybridized carbons (Fsp3) is 0.533. The lowest BCUT2D eigenvalue weighted by molar-refractivity contribution is 0.296. The van der Waals surface area contributed by atoms with Gasteiger partial charge in [-0.3, -0.25) is 0 Å². The third-order valence-corrected chi connectivity index (χ3v) is 3.35. The van der Waals surface area contributed by atoms with Gasteiger partial charge in [0.2, 0.25) is 0 Å². The molecule has 0 spiro atoms. The summed E-state index contributed by atoms with van der Waals surface area (Å²) in [7, 11) is 0. The number of nitrogens with zero attached hydrogens (tertiary/aromatic N) is 2. The Kier molecular flexibility index (Phi) is 5.09. The lowest BCUT2D eigenvalue weighted by atomic mass is 10.2. The van der Waals surface area contributed by atoms with E-state index in [9.17, 15) is 0 Å². The third-order valence-electron chi connectivity index (χ3n) is 3.35. The van der Waals surface area contributed by atoms with Crippen molar-refractivity contribution in [3.05, 3.63) is 23.8 Å². The molecule has 0 saturated heterocycles. The second-order valence-electron chi connectivity index (χ2n) is 4.64. The van der Waals surface area contributed by atoms with E-state index in [4.69, 9.17) is 15.2 Å². The number of aliphatic imine (C=N–C) groups is 1. The number of nitrogens with two attached hydrogens (primary N) is 1. The van der Waals surface area contributed by atoms with Crippen LogP contribution in [0.15, 0.2) is 23.2 Å². The molecule has 0 radical (unpaired) electrons. The summed E-state index contributed by atoms with van der Waals surface area (Å²) < 4.78 is 11.4. The molecule has 1 aromatic carbocycles. The SMILES string of the molecule is CCN(CC)C(N)=NCc1cccc2c1OCCCO2. The molecule has 20 heavy (non-hydrogen) atoms. The first kappa shape index (κ1) is 14.5. The van der Waals surface area contributed by atoms with E-state index in [0.717, 1.165) is 36.6 Å². The van der Waals surface area contributed by atoms with E-state index in [-0.39, 0.29) is 0 Å². The zero-order chi connectivity index (χ0) is 14.4. The fourth-order valence-corrected chi connectivity index (χ4v) is 2.19. The van der Waals surface area contributed by atoms with Crippen LogP contribution in [0.25, 0.3) is 0 Å². The average Bonchev–Trinajstić information content (AvgIpc) is 2.72. The van der Waals surface area contributed by atoms with Crippen molar-refractivity contribution in [2.75, 3.05) is 26.3 Å². The van der Waals surface area contributed by atoms with E-state index in [2.05, 4.69) is 18.8 Å². The second kappa shape index (κ2) is 7.03. The normalized spacial score (nSPS) is 14.8. The smallest absolute Gasteiger partial charge is 0.191 e. The first-order valence-electron chi connectivity index (χ1n) is 7.18. The second-order valence-corrected chi connectivity index (χ2v) is 4.64. The molecule has 0 atom stereocenters. The summed E-state index contributed by atoms with van der Waals surface area (Å²) in [6, 6.07) is 5.90. The summed E-state index contributed by atoms with van der Waals surface area (Å²) in [5, 5.41) is 0. The zero-order valence-electron chi connectivity index (χ0n) is 12.3. The third kappa shape index (κ3) is 3.35. The van der Waals surface area contributed by atoms with Crippen molar-refractivity contribution in [2.24, 2.45) is 10.7 Å². The van der Waals surface area contributed by atoms with E-state index in [1.807, 2.05) is 23.1 Å². The van der Waals surface area contributed by atoms with E-state index in [0.29, 0.717) is 25.7 Å². The van der Waals surface area contributed by atoms with Crippen LogP contribution in [-0.2, 0) is 6.54 Å². The van der Waals surface area contributed by atoms with Crippen LogP contribution < -0.4 is 15.2 Å². The van der Waals surface area contributed by atoms with Gasteiger partial charge in [0.1, 0.15) is 0 Å². The molecule has 0 saturated carbocycles. The van der Waals surface area contributed by atoms with Crippen LogP contribution in [0.2, 0.25) is 0 Å². The summed E-state index contributed by atoms with van der Waals surface area (Å²) in [5.74, 6) is 2.18. The summed E-state index contributed by atoms with van der Waals surface area (Å²) in [6.45, 7) is 7.74. The summed E-state index contributed by atoms with van der Waals surface area (Å²) >= 11 is 0. The molecule has 5 nitrogen and oxygen atoms in total. The number of para-hydroxylation sites is 1. The van der Waals surface area contributed by atoms with Crippen LogP contribution in [0, 0.1) is 0 Å². The molecule has 1 aromatic rings. The molecule has 0 bridgehead atoms. The molecule has 110 valence electrons. The maximum atomic E-state index is 6.00. The summed E-state index contributed by atoms with van der Waals surface area (Å²) in [4.78, 5) is 6.49. The number of benzene rings is 1. The van der Waals surface area contributed by atoms with E-state index in [1.165, 1.54) is 0 Å². The van der Waals surface area contributed by atoms with Crippen molar-refractivity contribution in [3.63, 3.8) is 0 Å². The van der Waals surface area contributed by atoms with Crippen molar-refractivity contribution < 1.29 is 9.47 Å². The Morgan fingerprint density at radius 3 is 2.75 bits per heavy atom. The molecule has 2 N–H and O–H groups in total. The van der Waals surface area contributed by atoms with Gasteiger partial charge in [-0.25, -0.2) is 4.99 Å². The lowest BCUT2D eigenvalue weighted by Crippen LogP contribution is -2.37. The molecule has 2 rings (SSSR count). The molecule has 0 aliphatic carbocycles. The zero-order valence-corrected chi connectivity index (χ0v) is 12.3. The van der Waals surface area contributed by atoms with Gasteiger partial charge < -0.3 is 20.1 Å². The molecular weight excluding hydrogens is 254 g/mol. The molecule has 0 amide bonds. The van der Waals surface area contributed by atoms with Gasteiger partial charge in [-0.05, 0) is 19.9 Å². The van der Waals surface area contributed by atoms with Crippen molar-refractivity contribution in [1.82, 2.24) is 4.90 Å². The van der Waals surface area contributed by atoms with Crippen molar-refractivity contribution in [2.45, 2.75) is 26.8 Å². The van der Waals surface area contributed by atoms with Gasteiger partial charge in [0.05, 0.1) is 19.8 Å². The fourth-order valence-electron chi connectivity index (χ4n) is 2.19. The van der Waals surface area contributed by atoms with Crippen LogP contribution in [0.4, 0.5) is 0 Å². The van der Waals surface area contributed by atoms with E-state index in [1.54, 1.807) is 0 Å². The predicted octanol–water partition coefficient (Wildman–Crippen LogP) is 2.00. The van der Waals surface area contributed by atoms with E-state index < -0.39 is 0 Å². The number of rotatable bonds is 4. The Morgan fingerprint density at radius 1 is 1.25 bits per heavy atom. The van der Waals surface area contributed by atoms with Gasteiger partial charge in [0.15, 0.2) is 17.5 Å². The quantitative estimate of drug-likeness (QED) is 0.675. The Balaban J connectivity index is 2.15. The molecule has 1 aliphatic heterocycles. The topological polar surface area (TPSA) is 60.1 Å². The van der Waals surface area contributed by atoms with Gasteiger partial charge in [-0.1, -0.05) is 12.1 Å². The van der Waals surface area contributed by atoms with Crippen LogP contribution in [0.3, 0.4) is 0 Å². The monoisotopic (exact) mass is 277 g/mol. The maximum absolute atomic E-state index is 6.00. The van der Waals surface area contributed by atoms with Gasteiger partial charge in [-0.2, -0.15) is 0 Å². The van der Waals surface area contributed by atoms with Gasteiger partial charge in [-0.15, -0.1) is 0 Å². The molecule has 1 aliphatic rings. The molecular formula is C15H23N3O2. The number of guanidine groups is 1. The van der Waals surface area contributed by atoms with Crippen molar-refractivity contribution in [1.29, 1.82) is 0 Å². The molecule has 0 unspecified atom stereocenters. The molecule has 1 heterocycles. The number of hydrogen-bond acceptors (Lipinski definition) is 3. The van der Waals surface area contributed by atoms with Crippen molar-refractivity contribution in [3.8, 4) is 11.5 Å². The number of fused-ring (bicyclic) bond motifs is 1. The van der Waals surface area contributed by atoms with Gasteiger partial charge >= 0.3 is 0 Å². The number of hydrogen-bond donors (Lipinski definition) is 1. The van der Waals surface area contributed by atoms with Gasteiger partial charge in [0.25, 0.3) is 0 Å². The first-order valence-corrected chi connectivity index (χ1v) is 7.18. The van der Waals surface area contributed by atoms with Crippen LogP contribution >= 0.6 is 0 Å². The summed E-state index contributed by atoms with van der Waals surface area (Å²) in [5.41, 5.74) is 7.01. The minimum absolute atomic E-state index is 0.509. The van der Waals surface area contributed by atoms with Crippen LogP contribution in [0.5, 0.6) is 11.5 Å². The Labute approximate surface area is 120 Å². The lowest BCUT2D eigenvalue weighted by Gasteiger charge is -2.19. The summed E-state index contributed by atoms with van der Waals surface area (Å²) in [6.07, 6.45) is 0.902. The highest BCUT2D eigenvalue weighted by Crippen LogP contribution is 2.33. The Bertz CT molecular complexity index is 470. The highest BCUT2D eigenvalue weighted by molar-refractivity contribution is 5.78. The van der Waals surface area contributed by atoms with Crippen molar-refractivity contribution >= 4 is 5.96 Å². The Morgan fingerprint density at radius 2 is 2.00 bits per heavy atom. The molecule has 0 aromatic heterocycles. The minimum Gasteiger partial charge on any atom is -0.490 e. The minimum atomic E-state index is 0.509. The standard InChI is InChI=1S/C15H23N3O2/c1-3-18(4-2)15(16)17-11-12-7-5-8-13-14(12)20-10-6-9-19-13/h5,7-8H,3-4,6,9-11H2,1-2H3,(H2,16,17). The molecule has 5 heteroatoms. The first-order chi connectivity index (χ1) is 9.76. The highest BCUT2D eigenvalue weighted by atomic mass is 16.5. The van der Waals surface area contributed by atoms with Crippen LogP contribution in [0.1, 0.15) is 25.8 Å². The van der Waals surface area contributed by atoms with E-state index >= 15 is 0 Å².